The fraction of sp³-hybridized carbons (Fsp3) is 0.784. The summed E-state index contributed by atoms with van der Waals surface area (Å²) in [7, 11) is 0. The summed E-state index contributed by atoms with van der Waals surface area (Å²) in [6.45, 7) is 12.9. The van der Waals surface area contributed by atoms with Crippen LogP contribution in [0.5, 0.6) is 0 Å². The monoisotopic (exact) mass is 844 g/mol. The molecular formula is C51H89NO8. The largest absolute Gasteiger partial charge is 0.465 e. The molecule has 1 aliphatic heterocycles. The highest BCUT2D eigenvalue weighted by atomic mass is 16.7. The summed E-state index contributed by atoms with van der Waals surface area (Å²) in [6, 6.07) is 0. The molecule has 9 heteroatoms. The highest BCUT2D eigenvalue weighted by Crippen LogP contribution is 2.21. The van der Waals surface area contributed by atoms with E-state index in [1.807, 2.05) is 0 Å². The van der Waals surface area contributed by atoms with E-state index in [0.29, 0.717) is 38.4 Å². The molecule has 1 aliphatic rings. The van der Waals surface area contributed by atoms with Gasteiger partial charge in [0.15, 0.2) is 6.29 Å². The zero-order valence-electron chi connectivity index (χ0n) is 38.9. The van der Waals surface area contributed by atoms with Crippen LogP contribution in [-0.2, 0) is 38.1 Å². The van der Waals surface area contributed by atoms with Gasteiger partial charge in [-0.3, -0.25) is 14.4 Å². The summed E-state index contributed by atoms with van der Waals surface area (Å²) in [5, 5.41) is 0. The number of rotatable bonds is 40. The lowest BCUT2D eigenvalue weighted by atomic mass is 9.94. The van der Waals surface area contributed by atoms with Gasteiger partial charge in [0, 0.05) is 32.5 Å². The first-order chi connectivity index (χ1) is 29.4. The van der Waals surface area contributed by atoms with Gasteiger partial charge in [0.25, 0.3) is 0 Å². The number of nitrogens with zero attached hydrogens (tertiary/aromatic N) is 1. The summed E-state index contributed by atoms with van der Waals surface area (Å²) in [5.41, 5.74) is 0. The lowest BCUT2D eigenvalue weighted by molar-refractivity contribution is -0.162. The van der Waals surface area contributed by atoms with Gasteiger partial charge in [-0.05, 0) is 128 Å². The van der Waals surface area contributed by atoms with Crippen LogP contribution < -0.4 is 0 Å². The SMILES string of the molecule is CC/C=C\CCCCOC(CCC(=O)OCC(COC(=O)CCCCCCC/C=C\C/C=C\CCCCC)COC(=O)CC1CCN(CC)CC1)OCCCC/C=C\CC. The van der Waals surface area contributed by atoms with Crippen LogP contribution in [0.2, 0.25) is 0 Å². The minimum atomic E-state index is -0.481. The van der Waals surface area contributed by atoms with Crippen LogP contribution in [0, 0.1) is 11.8 Å². The zero-order valence-corrected chi connectivity index (χ0v) is 38.9. The van der Waals surface area contributed by atoms with E-state index in [1.165, 1.54) is 25.7 Å². The summed E-state index contributed by atoms with van der Waals surface area (Å²) < 4.78 is 29.2. The molecule has 1 rings (SSSR count). The number of likely N-dealkylation sites (tertiary alicyclic amines) is 1. The van der Waals surface area contributed by atoms with Gasteiger partial charge >= 0.3 is 17.9 Å². The maximum absolute atomic E-state index is 13.0. The normalized spacial score (nSPS) is 14.7. The Bertz CT molecular complexity index is 1120. The zero-order chi connectivity index (χ0) is 43.6. The van der Waals surface area contributed by atoms with E-state index in [2.05, 4.69) is 81.2 Å². The molecule has 0 amide bonds. The highest BCUT2D eigenvalue weighted by molar-refractivity contribution is 5.70. The second kappa shape index (κ2) is 41.6. The van der Waals surface area contributed by atoms with Crippen LogP contribution in [0.15, 0.2) is 48.6 Å². The van der Waals surface area contributed by atoms with Crippen molar-refractivity contribution in [3.8, 4) is 0 Å². The summed E-state index contributed by atoms with van der Waals surface area (Å²) in [6.07, 6.45) is 41.0. The summed E-state index contributed by atoms with van der Waals surface area (Å²) in [4.78, 5) is 40.9. The number of carbonyl (C=O) groups is 3. The van der Waals surface area contributed by atoms with Crippen LogP contribution in [0.1, 0.15) is 188 Å². The van der Waals surface area contributed by atoms with E-state index in [-0.39, 0.29) is 44.1 Å². The van der Waals surface area contributed by atoms with Crippen molar-refractivity contribution in [2.45, 2.75) is 195 Å². The molecular weight excluding hydrogens is 755 g/mol. The van der Waals surface area contributed by atoms with Crippen molar-refractivity contribution in [2.75, 3.05) is 52.7 Å². The number of ether oxygens (including phenoxy) is 5. The Kier molecular flexibility index (Phi) is 38.3. The summed E-state index contributed by atoms with van der Waals surface area (Å²) in [5.74, 6) is -1.03. The van der Waals surface area contributed by atoms with E-state index < -0.39 is 12.2 Å². The molecule has 60 heavy (non-hydrogen) atoms. The molecule has 0 radical (unpaired) electrons. The molecule has 1 unspecified atom stereocenters. The summed E-state index contributed by atoms with van der Waals surface area (Å²) >= 11 is 0. The standard InChI is InChI=1S/C51H89NO8/c1-5-9-12-15-18-19-20-21-22-23-24-25-26-27-30-33-48(53)58-43-47(45-60-50(55)42-46-36-38-52(8-4)39-37-46)44-59-49(54)34-35-51(56-40-31-28-16-13-10-6-2)57-41-32-29-17-14-11-7-3/h10-11,13-14,18-19,21-22,46-47,51H,5-9,12,15-17,20,23-45H2,1-4H3/b13-10-,14-11-,19-18-,22-21-. The Morgan fingerprint density at radius 3 is 1.58 bits per heavy atom. The van der Waals surface area contributed by atoms with Gasteiger partial charge in [-0.15, -0.1) is 0 Å². The maximum Gasteiger partial charge on any atom is 0.306 e. The van der Waals surface area contributed by atoms with Crippen molar-refractivity contribution in [2.24, 2.45) is 11.8 Å². The maximum atomic E-state index is 13.0. The van der Waals surface area contributed by atoms with Crippen molar-refractivity contribution >= 4 is 17.9 Å². The van der Waals surface area contributed by atoms with Gasteiger partial charge in [-0.25, -0.2) is 0 Å². The van der Waals surface area contributed by atoms with Crippen molar-refractivity contribution < 1.29 is 38.1 Å². The second-order valence-corrected chi connectivity index (χ2v) is 16.4. The first kappa shape index (κ1) is 55.3. The van der Waals surface area contributed by atoms with Crippen molar-refractivity contribution in [1.29, 1.82) is 0 Å². The molecule has 0 N–H and O–H groups in total. The van der Waals surface area contributed by atoms with E-state index in [1.54, 1.807) is 0 Å². The van der Waals surface area contributed by atoms with Crippen molar-refractivity contribution in [1.82, 2.24) is 4.90 Å². The molecule has 0 aliphatic carbocycles. The van der Waals surface area contributed by atoms with Gasteiger partial charge in [0.2, 0.25) is 0 Å². The van der Waals surface area contributed by atoms with Crippen LogP contribution in [-0.4, -0.2) is 81.8 Å². The highest BCUT2D eigenvalue weighted by Gasteiger charge is 2.23. The molecule has 0 aromatic heterocycles. The number of hydrogen-bond acceptors (Lipinski definition) is 9. The molecule has 0 aromatic rings. The van der Waals surface area contributed by atoms with E-state index >= 15 is 0 Å². The van der Waals surface area contributed by atoms with Crippen molar-refractivity contribution in [3.05, 3.63) is 48.6 Å². The smallest absolute Gasteiger partial charge is 0.306 e. The quantitative estimate of drug-likeness (QED) is 0.0196. The van der Waals surface area contributed by atoms with Gasteiger partial charge in [0.1, 0.15) is 19.8 Å². The third kappa shape index (κ3) is 34.9. The number of piperidine rings is 1. The van der Waals surface area contributed by atoms with E-state index in [4.69, 9.17) is 23.7 Å². The molecule has 0 saturated carbocycles. The predicted octanol–water partition coefficient (Wildman–Crippen LogP) is 12.6. The van der Waals surface area contributed by atoms with Gasteiger partial charge in [-0.1, -0.05) is 108 Å². The fourth-order valence-corrected chi connectivity index (χ4v) is 6.98. The Morgan fingerprint density at radius 2 is 1.03 bits per heavy atom. The number of unbranched alkanes of at least 4 members (excludes halogenated alkanes) is 12. The van der Waals surface area contributed by atoms with Crippen LogP contribution >= 0.6 is 0 Å². The second-order valence-electron chi connectivity index (χ2n) is 16.4. The Balaban J connectivity index is 2.55. The lowest BCUT2D eigenvalue weighted by Gasteiger charge is -2.30. The molecule has 0 spiro atoms. The lowest BCUT2D eigenvalue weighted by Crippen LogP contribution is -2.34. The van der Waals surface area contributed by atoms with Crippen LogP contribution in [0.4, 0.5) is 0 Å². The number of carbonyl (C=O) groups excluding carboxylic acids is 3. The Hall–Kier alpha value is -2.75. The number of esters is 3. The Labute approximate surface area is 367 Å². The number of allylic oxidation sites excluding steroid dienone is 8. The average molecular weight is 844 g/mol. The first-order valence-electron chi connectivity index (χ1n) is 24.4. The molecule has 1 heterocycles. The first-order valence-corrected chi connectivity index (χ1v) is 24.4. The molecule has 1 saturated heterocycles. The molecule has 0 bridgehead atoms. The van der Waals surface area contributed by atoms with E-state index in [0.717, 1.165) is 129 Å². The van der Waals surface area contributed by atoms with Crippen LogP contribution in [0.3, 0.4) is 0 Å². The van der Waals surface area contributed by atoms with Gasteiger partial charge in [-0.2, -0.15) is 0 Å². The average Bonchev–Trinajstić information content (AvgIpc) is 3.25. The third-order valence-electron chi connectivity index (χ3n) is 10.9. The molecule has 9 nitrogen and oxygen atoms in total. The van der Waals surface area contributed by atoms with Gasteiger partial charge in [0.05, 0.1) is 12.3 Å². The third-order valence-corrected chi connectivity index (χ3v) is 10.9. The minimum Gasteiger partial charge on any atom is -0.465 e. The molecule has 346 valence electrons. The predicted molar refractivity (Wildman–Crippen MR) is 247 cm³/mol. The topological polar surface area (TPSA) is 101 Å². The van der Waals surface area contributed by atoms with Crippen molar-refractivity contribution in [3.63, 3.8) is 0 Å². The number of hydrogen-bond donors (Lipinski definition) is 0. The van der Waals surface area contributed by atoms with Gasteiger partial charge < -0.3 is 28.6 Å². The van der Waals surface area contributed by atoms with E-state index in [9.17, 15) is 14.4 Å². The molecule has 1 atom stereocenters. The molecule has 1 fully saturated rings. The minimum absolute atomic E-state index is 0.000903. The Morgan fingerprint density at radius 1 is 0.550 bits per heavy atom. The fourth-order valence-electron chi connectivity index (χ4n) is 6.98. The molecule has 0 aromatic carbocycles. The van der Waals surface area contributed by atoms with Crippen LogP contribution in [0.25, 0.3) is 0 Å².